The number of nitrogens with zero attached hydrogens (tertiary/aromatic N) is 5. The number of carbonyl (C=O) groups is 3. The van der Waals surface area contributed by atoms with Crippen LogP contribution in [-0.4, -0.2) is 89.3 Å². The van der Waals surface area contributed by atoms with Crippen LogP contribution in [0.3, 0.4) is 0 Å². The lowest BCUT2D eigenvalue weighted by molar-refractivity contribution is -0.136. The second-order valence-corrected chi connectivity index (χ2v) is 12.5. The molecule has 8 rings (SSSR count). The Kier molecular flexibility index (Phi) is 6.59. The molecule has 0 bridgehead atoms. The zero-order chi connectivity index (χ0) is 29.8. The molecule has 10 heteroatoms. The van der Waals surface area contributed by atoms with Crippen LogP contribution in [-0.2, 0) is 16.1 Å². The topological polar surface area (TPSA) is 105 Å². The molecule has 0 aliphatic carbocycles. The summed E-state index contributed by atoms with van der Waals surface area (Å²) in [5.74, 6) is -0.0864. The van der Waals surface area contributed by atoms with Gasteiger partial charge in [-0.3, -0.25) is 24.6 Å². The number of anilines is 2. The second kappa shape index (κ2) is 10.8. The van der Waals surface area contributed by atoms with Crippen molar-refractivity contribution in [1.82, 2.24) is 25.1 Å². The van der Waals surface area contributed by atoms with E-state index in [0.717, 1.165) is 73.7 Å². The van der Waals surface area contributed by atoms with Gasteiger partial charge >= 0.3 is 0 Å². The molecule has 3 amide bonds. The van der Waals surface area contributed by atoms with Crippen LogP contribution in [0.4, 0.5) is 11.4 Å². The Morgan fingerprint density at radius 2 is 1.64 bits per heavy atom. The van der Waals surface area contributed by atoms with Crippen LogP contribution in [0.1, 0.15) is 28.8 Å². The Hall–Kier alpha value is -4.70. The summed E-state index contributed by atoms with van der Waals surface area (Å²) in [7, 11) is 0. The zero-order valence-electron chi connectivity index (χ0n) is 24.5. The number of benzene rings is 2. The van der Waals surface area contributed by atoms with Gasteiger partial charge in [0.05, 0.1) is 0 Å². The van der Waals surface area contributed by atoms with Crippen molar-refractivity contribution in [2.75, 3.05) is 55.6 Å². The molecule has 4 aromatic rings. The van der Waals surface area contributed by atoms with E-state index in [2.05, 4.69) is 72.4 Å². The summed E-state index contributed by atoms with van der Waals surface area (Å²) in [5.41, 5.74) is 7.25. The standard InChI is InChI=1S/C34H35N7O3/c42-31-8-7-30(33(43)37-31)41-21-26-16-28(5-6-29(26)34(41)44)39-13-11-38(12-14-39)18-22-19-40(20-22)27-3-1-23(2-4-27)25-15-24-9-10-35-32(24)36-17-25/h1-6,9-10,15-17,22,30H,7-8,11-14,18-21H2,(H,35,36)(H,37,42,43). The monoisotopic (exact) mass is 589 g/mol. The summed E-state index contributed by atoms with van der Waals surface area (Å²) in [6.07, 6.45) is 4.50. The lowest BCUT2D eigenvalue weighted by Gasteiger charge is -2.45. The SMILES string of the molecule is O=C1CCC(N2Cc3cc(N4CCN(CC5CN(c6ccc(-c7cnc8[nH]ccc8c7)cc6)C5)CC4)ccc3C2=O)C(=O)N1. The predicted molar refractivity (Wildman–Crippen MR) is 168 cm³/mol. The second-order valence-electron chi connectivity index (χ2n) is 12.5. The Bertz CT molecular complexity index is 1750. The Balaban J connectivity index is 0.821. The Morgan fingerprint density at radius 1 is 0.841 bits per heavy atom. The van der Waals surface area contributed by atoms with Gasteiger partial charge in [0, 0.05) is 105 Å². The first-order valence-electron chi connectivity index (χ1n) is 15.5. The number of hydrogen-bond donors (Lipinski definition) is 2. The molecule has 4 aliphatic rings. The molecule has 3 saturated heterocycles. The van der Waals surface area contributed by atoms with Crippen LogP contribution in [0.25, 0.3) is 22.2 Å². The number of fused-ring (bicyclic) bond motifs is 2. The van der Waals surface area contributed by atoms with Crippen LogP contribution in [0.15, 0.2) is 67.0 Å². The van der Waals surface area contributed by atoms with E-state index >= 15 is 0 Å². The molecule has 224 valence electrons. The number of nitrogens with one attached hydrogen (secondary N) is 2. The summed E-state index contributed by atoms with van der Waals surface area (Å²) < 4.78 is 0. The smallest absolute Gasteiger partial charge is 0.255 e. The Morgan fingerprint density at radius 3 is 2.43 bits per heavy atom. The molecule has 0 saturated carbocycles. The average Bonchev–Trinajstić information content (AvgIpc) is 3.63. The highest BCUT2D eigenvalue weighted by molar-refractivity contribution is 6.05. The normalized spacial score (nSPS) is 21.1. The minimum atomic E-state index is -0.579. The van der Waals surface area contributed by atoms with E-state index in [9.17, 15) is 14.4 Å². The third-order valence-corrected chi connectivity index (χ3v) is 9.68. The molecule has 3 fully saturated rings. The fraction of sp³-hybridized carbons (Fsp3) is 0.353. The van der Waals surface area contributed by atoms with Gasteiger partial charge in [0.15, 0.2) is 0 Å². The van der Waals surface area contributed by atoms with E-state index < -0.39 is 6.04 Å². The number of carbonyl (C=O) groups excluding carboxylic acids is 3. The summed E-state index contributed by atoms with van der Waals surface area (Å²) in [6, 6.07) is 18.5. The minimum absolute atomic E-state index is 0.122. The van der Waals surface area contributed by atoms with Crippen molar-refractivity contribution in [3.63, 3.8) is 0 Å². The van der Waals surface area contributed by atoms with E-state index in [0.29, 0.717) is 24.4 Å². The molecular formula is C34H35N7O3. The third-order valence-electron chi connectivity index (χ3n) is 9.68. The van der Waals surface area contributed by atoms with Gasteiger partial charge in [0.25, 0.3) is 5.91 Å². The first-order chi connectivity index (χ1) is 21.5. The van der Waals surface area contributed by atoms with Crippen LogP contribution in [0.5, 0.6) is 0 Å². The number of imide groups is 1. The minimum Gasteiger partial charge on any atom is -0.371 e. The number of pyridine rings is 1. The quantitative estimate of drug-likeness (QED) is 0.333. The molecule has 10 nitrogen and oxygen atoms in total. The predicted octanol–water partition coefficient (Wildman–Crippen LogP) is 3.25. The van der Waals surface area contributed by atoms with Crippen molar-refractivity contribution in [2.45, 2.75) is 25.4 Å². The van der Waals surface area contributed by atoms with E-state index in [1.807, 2.05) is 24.5 Å². The molecule has 1 atom stereocenters. The number of hydrogen-bond acceptors (Lipinski definition) is 7. The molecule has 2 aromatic carbocycles. The fourth-order valence-corrected chi connectivity index (χ4v) is 7.17. The lowest BCUT2D eigenvalue weighted by atomic mass is 9.97. The van der Waals surface area contributed by atoms with E-state index in [-0.39, 0.29) is 24.1 Å². The summed E-state index contributed by atoms with van der Waals surface area (Å²) in [5, 5.41) is 3.50. The van der Waals surface area contributed by atoms with Crippen molar-refractivity contribution in [2.24, 2.45) is 5.92 Å². The van der Waals surface area contributed by atoms with E-state index in [1.54, 1.807) is 4.90 Å². The fourth-order valence-electron chi connectivity index (χ4n) is 7.17. The summed E-state index contributed by atoms with van der Waals surface area (Å²) in [4.78, 5) is 53.7. The highest BCUT2D eigenvalue weighted by atomic mass is 16.2. The number of aromatic nitrogens is 2. The highest BCUT2D eigenvalue weighted by Gasteiger charge is 2.39. The van der Waals surface area contributed by atoms with Crippen molar-refractivity contribution in [3.05, 3.63) is 78.1 Å². The van der Waals surface area contributed by atoms with Gasteiger partial charge < -0.3 is 19.7 Å². The molecule has 0 spiro atoms. The molecule has 44 heavy (non-hydrogen) atoms. The van der Waals surface area contributed by atoms with Gasteiger partial charge in [-0.05, 0) is 60.0 Å². The third kappa shape index (κ3) is 4.89. The molecule has 4 aliphatic heterocycles. The first kappa shape index (κ1) is 26.9. The number of piperazine rings is 1. The van der Waals surface area contributed by atoms with Crippen molar-refractivity contribution in [1.29, 1.82) is 0 Å². The molecule has 1 unspecified atom stereocenters. The molecule has 2 aromatic heterocycles. The number of rotatable bonds is 6. The van der Waals surface area contributed by atoms with Crippen LogP contribution in [0, 0.1) is 5.92 Å². The van der Waals surface area contributed by atoms with E-state index in [4.69, 9.17) is 0 Å². The zero-order valence-corrected chi connectivity index (χ0v) is 24.5. The van der Waals surface area contributed by atoms with Crippen LogP contribution >= 0.6 is 0 Å². The Labute approximate surface area is 255 Å². The number of amides is 3. The van der Waals surface area contributed by atoms with Gasteiger partial charge in [0.1, 0.15) is 11.7 Å². The number of piperidine rings is 1. The summed E-state index contributed by atoms with van der Waals surface area (Å²) >= 11 is 0. The van der Waals surface area contributed by atoms with E-state index in [1.165, 1.54) is 11.3 Å². The van der Waals surface area contributed by atoms with Crippen LogP contribution < -0.4 is 15.1 Å². The maximum Gasteiger partial charge on any atom is 0.255 e. The van der Waals surface area contributed by atoms with Gasteiger partial charge in [-0.2, -0.15) is 0 Å². The van der Waals surface area contributed by atoms with Crippen molar-refractivity contribution in [3.8, 4) is 11.1 Å². The maximum atomic E-state index is 13.0. The van der Waals surface area contributed by atoms with Crippen molar-refractivity contribution < 1.29 is 14.4 Å². The van der Waals surface area contributed by atoms with Gasteiger partial charge in [0.2, 0.25) is 11.8 Å². The van der Waals surface area contributed by atoms with Gasteiger partial charge in [-0.15, -0.1) is 0 Å². The molecule has 6 heterocycles. The number of H-pyrrole nitrogens is 1. The molecule has 2 N–H and O–H groups in total. The summed E-state index contributed by atoms with van der Waals surface area (Å²) in [6.45, 7) is 7.63. The number of aromatic amines is 1. The highest BCUT2D eigenvalue weighted by Crippen LogP contribution is 2.32. The van der Waals surface area contributed by atoms with Gasteiger partial charge in [-0.1, -0.05) is 12.1 Å². The largest absolute Gasteiger partial charge is 0.371 e. The van der Waals surface area contributed by atoms with Crippen molar-refractivity contribution >= 4 is 40.1 Å². The lowest BCUT2D eigenvalue weighted by Crippen LogP contribution is -2.55. The molecule has 0 radical (unpaired) electrons. The van der Waals surface area contributed by atoms with Gasteiger partial charge in [-0.25, -0.2) is 4.98 Å². The maximum absolute atomic E-state index is 13.0. The van der Waals surface area contributed by atoms with Crippen LogP contribution in [0.2, 0.25) is 0 Å². The average molecular weight is 590 g/mol. The molecular weight excluding hydrogens is 554 g/mol. The first-order valence-corrected chi connectivity index (χ1v) is 15.5.